The Balaban J connectivity index is 0.00000676. The predicted octanol–water partition coefficient (Wildman–Crippen LogP) is 2.77. The van der Waals surface area contributed by atoms with Gasteiger partial charge < -0.3 is 15.2 Å². The molecule has 0 spiro atoms. The van der Waals surface area contributed by atoms with Crippen LogP contribution >= 0.6 is 24.0 Å². The van der Waals surface area contributed by atoms with Crippen LogP contribution in [0.4, 0.5) is 0 Å². The maximum Gasteiger partial charge on any atom is 0.191 e. The van der Waals surface area contributed by atoms with Gasteiger partial charge in [0.1, 0.15) is 12.2 Å². The molecule has 0 saturated heterocycles. The van der Waals surface area contributed by atoms with Crippen molar-refractivity contribution in [1.29, 1.82) is 0 Å². The second-order valence-corrected chi connectivity index (χ2v) is 7.66. The molecule has 0 amide bonds. The molecule has 0 aliphatic carbocycles. The molecule has 1 aromatic heterocycles. The van der Waals surface area contributed by atoms with Crippen LogP contribution in [0, 0.1) is 5.92 Å². The third-order valence-corrected chi connectivity index (χ3v) is 4.26. The Kier molecular flexibility index (Phi) is 13.7. The number of hydrogen-bond acceptors (Lipinski definition) is 4. The van der Waals surface area contributed by atoms with E-state index >= 15 is 0 Å². The monoisotopic (exact) mass is 493 g/mol. The van der Waals surface area contributed by atoms with Crippen molar-refractivity contribution in [2.24, 2.45) is 10.9 Å². The molecule has 0 saturated carbocycles. The summed E-state index contributed by atoms with van der Waals surface area (Å²) in [6.07, 6.45) is 2.69. The second kappa shape index (κ2) is 14.1. The van der Waals surface area contributed by atoms with Crippen LogP contribution in [-0.2, 0) is 13.0 Å². The number of rotatable bonds is 11. The van der Waals surface area contributed by atoms with Gasteiger partial charge in [0, 0.05) is 51.2 Å². The van der Waals surface area contributed by atoms with E-state index in [1.54, 1.807) is 6.33 Å². The van der Waals surface area contributed by atoms with Crippen molar-refractivity contribution >= 4 is 29.9 Å². The first-order valence-electron chi connectivity index (χ1n) is 9.99. The second-order valence-electron chi connectivity index (χ2n) is 7.66. The molecule has 0 aromatic carbocycles. The van der Waals surface area contributed by atoms with Crippen LogP contribution in [0.15, 0.2) is 11.3 Å². The number of aryl methyl sites for hydroxylation is 1. The van der Waals surface area contributed by atoms with Gasteiger partial charge in [-0.1, -0.05) is 20.8 Å². The minimum atomic E-state index is 0. The van der Waals surface area contributed by atoms with Crippen molar-refractivity contribution in [2.75, 3.05) is 26.2 Å². The van der Waals surface area contributed by atoms with Crippen molar-refractivity contribution in [3.05, 3.63) is 12.2 Å². The fourth-order valence-corrected chi connectivity index (χ4v) is 2.90. The van der Waals surface area contributed by atoms with Crippen molar-refractivity contribution in [1.82, 2.24) is 30.3 Å². The molecule has 7 nitrogen and oxygen atoms in total. The molecular weight excluding hydrogens is 453 g/mol. The summed E-state index contributed by atoms with van der Waals surface area (Å²) in [5, 5.41) is 15.0. The predicted molar refractivity (Wildman–Crippen MR) is 125 cm³/mol. The Morgan fingerprint density at radius 2 is 1.74 bits per heavy atom. The highest BCUT2D eigenvalue weighted by atomic mass is 127. The summed E-state index contributed by atoms with van der Waals surface area (Å²) in [4.78, 5) is 7.19. The molecular formula is C19H40IN7. The fraction of sp³-hybridized carbons (Fsp3) is 0.842. The molecule has 0 aliphatic heterocycles. The summed E-state index contributed by atoms with van der Waals surface area (Å²) in [7, 11) is 0. The highest BCUT2D eigenvalue weighted by Crippen LogP contribution is 2.03. The van der Waals surface area contributed by atoms with Gasteiger partial charge in [0.05, 0.1) is 0 Å². The van der Waals surface area contributed by atoms with Crippen LogP contribution in [0.1, 0.15) is 54.3 Å². The summed E-state index contributed by atoms with van der Waals surface area (Å²) in [6.45, 7) is 19.8. The lowest BCUT2D eigenvalue weighted by Gasteiger charge is -2.30. The molecule has 8 heteroatoms. The largest absolute Gasteiger partial charge is 0.355 e. The third-order valence-electron chi connectivity index (χ3n) is 4.26. The van der Waals surface area contributed by atoms with E-state index in [9.17, 15) is 0 Å². The van der Waals surface area contributed by atoms with E-state index in [2.05, 4.69) is 78.8 Å². The minimum Gasteiger partial charge on any atom is -0.355 e. The van der Waals surface area contributed by atoms with E-state index in [-0.39, 0.29) is 24.0 Å². The number of guanidine groups is 1. The number of nitrogens with zero attached hydrogens (tertiary/aromatic N) is 5. The van der Waals surface area contributed by atoms with Gasteiger partial charge in [-0.05, 0) is 33.6 Å². The highest BCUT2D eigenvalue weighted by Gasteiger charge is 2.12. The van der Waals surface area contributed by atoms with Gasteiger partial charge in [-0.15, -0.1) is 34.2 Å². The van der Waals surface area contributed by atoms with E-state index in [1.165, 1.54) is 0 Å². The number of aromatic nitrogens is 3. The Labute approximate surface area is 182 Å². The topological polar surface area (TPSA) is 70.4 Å². The van der Waals surface area contributed by atoms with E-state index in [4.69, 9.17) is 4.99 Å². The van der Waals surface area contributed by atoms with Crippen LogP contribution in [0.25, 0.3) is 0 Å². The molecule has 0 aliphatic rings. The number of hydrogen-bond donors (Lipinski definition) is 2. The Morgan fingerprint density at radius 3 is 2.30 bits per heavy atom. The highest BCUT2D eigenvalue weighted by molar-refractivity contribution is 14.0. The van der Waals surface area contributed by atoms with Gasteiger partial charge in [-0.2, -0.15) is 0 Å². The van der Waals surface area contributed by atoms with Gasteiger partial charge in [0.2, 0.25) is 0 Å². The van der Waals surface area contributed by atoms with E-state index in [1.807, 2.05) is 0 Å². The zero-order valence-corrected chi connectivity index (χ0v) is 20.5. The molecule has 0 bridgehead atoms. The van der Waals surface area contributed by atoms with Gasteiger partial charge in [0.25, 0.3) is 0 Å². The first kappa shape index (κ1) is 26.1. The van der Waals surface area contributed by atoms with Gasteiger partial charge >= 0.3 is 0 Å². The molecule has 0 atom stereocenters. The van der Waals surface area contributed by atoms with Gasteiger partial charge in [0.15, 0.2) is 5.96 Å². The number of nitrogens with one attached hydrogen (secondary N) is 2. The standard InChI is InChI=1S/C19H39N7.HI/c1-8-18-24-23-14-25(18)11-9-20-19(22-13-15(2)3)21-10-12-26(16(4)5)17(6)7;/h14-17H,8-13H2,1-7H3,(H2,20,21,22);1H. The van der Waals surface area contributed by atoms with E-state index < -0.39 is 0 Å². The average Bonchev–Trinajstić information content (AvgIpc) is 3.02. The molecule has 1 rings (SSSR count). The van der Waals surface area contributed by atoms with Crippen molar-refractivity contribution in [2.45, 2.75) is 73.5 Å². The normalized spacial score (nSPS) is 12.2. The maximum absolute atomic E-state index is 4.71. The summed E-state index contributed by atoms with van der Waals surface area (Å²) in [5.74, 6) is 2.45. The zero-order chi connectivity index (χ0) is 19.5. The lowest BCUT2D eigenvalue weighted by Crippen LogP contribution is -2.46. The quantitative estimate of drug-likeness (QED) is 0.282. The molecule has 1 aromatic rings. The number of aliphatic imine (C=N–C) groups is 1. The van der Waals surface area contributed by atoms with Crippen molar-refractivity contribution in [3.63, 3.8) is 0 Å². The van der Waals surface area contributed by atoms with Gasteiger partial charge in [-0.3, -0.25) is 9.89 Å². The molecule has 1 heterocycles. The summed E-state index contributed by atoms with van der Waals surface area (Å²) in [6, 6.07) is 1.09. The average molecular weight is 493 g/mol. The molecule has 0 unspecified atom stereocenters. The van der Waals surface area contributed by atoms with Crippen molar-refractivity contribution < 1.29 is 0 Å². The van der Waals surface area contributed by atoms with Crippen LogP contribution in [-0.4, -0.2) is 63.9 Å². The lowest BCUT2D eigenvalue weighted by atomic mass is 10.2. The third kappa shape index (κ3) is 10.3. The van der Waals surface area contributed by atoms with Crippen molar-refractivity contribution in [3.8, 4) is 0 Å². The Bertz CT molecular complexity index is 518. The molecule has 2 N–H and O–H groups in total. The smallest absolute Gasteiger partial charge is 0.191 e. The van der Waals surface area contributed by atoms with Gasteiger partial charge in [-0.25, -0.2) is 0 Å². The molecule has 27 heavy (non-hydrogen) atoms. The Morgan fingerprint density at radius 1 is 1.11 bits per heavy atom. The van der Waals surface area contributed by atoms with Crippen LogP contribution in [0.3, 0.4) is 0 Å². The minimum absolute atomic E-state index is 0. The molecule has 0 radical (unpaired) electrons. The van der Waals surface area contributed by atoms with Crippen LogP contribution < -0.4 is 10.6 Å². The van der Waals surface area contributed by atoms with E-state index in [0.717, 1.165) is 50.9 Å². The number of halogens is 1. The summed E-state index contributed by atoms with van der Waals surface area (Å²) >= 11 is 0. The molecule has 0 fully saturated rings. The SMILES string of the molecule is CCc1nncn1CCNC(=NCC(C)C)NCCN(C(C)C)C(C)C.I. The first-order valence-corrected chi connectivity index (χ1v) is 9.99. The van der Waals surface area contributed by atoms with E-state index in [0.29, 0.717) is 18.0 Å². The summed E-state index contributed by atoms with van der Waals surface area (Å²) < 4.78 is 2.09. The lowest BCUT2D eigenvalue weighted by molar-refractivity contribution is 0.178. The van der Waals surface area contributed by atoms with Crippen LogP contribution in [0.5, 0.6) is 0 Å². The Hall–Kier alpha value is -0.900. The molecule has 158 valence electrons. The maximum atomic E-state index is 4.71. The fourth-order valence-electron chi connectivity index (χ4n) is 2.90. The zero-order valence-electron chi connectivity index (χ0n) is 18.2. The summed E-state index contributed by atoms with van der Waals surface area (Å²) in [5.41, 5.74) is 0. The van der Waals surface area contributed by atoms with Crippen LogP contribution in [0.2, 0.25) is 0 Å². The first-order chi connectivity index (χ1) is 12.3.